The van der Waals surface area contributed by atoms with E-state index < -0.39 is 5.60 Å². The van der Waals surface area contributed by atoms with Crippen molar-refractivity contribution in [1.29, 1.82) is 0 Å². The summed E-state index contributed by atoms with van der Waals surface area (Å²) in [6.45, 7) is 4.92. The van der Waals surface area contributed by atoms with Gasteiger partial charge in [-0.15, -0.1) is 0 Å². The molecule has 30 heavy (non-hydrogen) atoms. The Morgan fingerprint density at radius 1 is 1.30 bits per heavy atom. The van der Waals surface area contributed by atoms with Crippen molar-refractivity contribution in [2.24, 2.45) is 0 Å². The number of halogens is 1. The van der Waals surface area contributed by atoms with Gasteiger partial charge in [0.2, 0.25) is 0 Å². The smallest absolute Gasteiger partial charge is 0.254 e. The molecule has 0 aliphatic carbocycles. The third kappa shape index (κ3) is 4.53. The van der Waals surface area contributed by atoms with E-state index in [0.717, 1.165) is 0 Å². The topological polar surface area (TPSA) is 114 Å². The van der Waals surface area contributed by atoms with Crippen molar-refractivity contribution in [3.63, 3.8) is 0 Å². The molecular formula is C20H23ClN6O3. The van der Waals surface area contributed by atoms with Crippen molar-refractivity contribution in [3.05, 3.63) is 41.3 Å². The van der Waals surface area contributed by atoms with Gasteiger partial charge in [-0.25, -0.2) is 9.50 Å². The standard InChI is InChI=1S/C20H23ClN6O3/c1-20(2,29)3-4-22-19(28)14-8-23-16(6-15(14)26-13-10-30-11-13)17-9-24-18-5-12(21)7-25-27(17)18/h5-9,13,29H,3-4,10-11H2,1-2H3,(H,22,28)(H,23,26). The first-order valence-electron chi connectivity index (χ1n) is 9.65. The molecule has 9 nitrogen and oxygen atoms in total. The van der Waals surface area contributed by atoms with Gasteiger partial charge in [0.1, 0.15) is 5.69 Å². The van der Waals surface area contributed by atoms with Crippen LogP contribution in [0.15, 0.2) is 30.7 Å². The summed E-state index contributed by atoms with van der Waals surface area (Å²) in [5.41, 5.74) is 2.13. The fourth-order valence-electron chi connectivity index (χ4n) is 3.04. The zero-order valence-electron chi connectivity index (χ0n) is 16.7. The molecule has 0 atom stereocenters. The van der Waals surface area contributed by atoms with Crippen LogP contribution in [-0.2, 0) is 4.74 Å². The summed E-state index contributed by atoms with van der Waals surface area (Å²) in [5.74, 6) is -0.260. The summed E-state index contributed by atoms with van der Waals surface area (Å²) in [5, 5.41) is 20.8. The van der Waals surface area contributed by atoms with E-state index >= 15 is 0 Å². The molecule has 0 unspecified atom stereocenters. The molecule has 3 N–H and O–H groups in total. The molecule has 1 fully saturated rings. The van der Waals surface area contributed by atoms with Crippen LogP contribution < -0.4 is 10.6 Å². The normalized spacial score (nSPS) is 14.5. The predicted molar refractivity (Wildman–Crippen MR) is 113 cm³/mol. The zero-order valence-corrected chi connectivity index (χ0v) is 17.5. The summed E-state index contributed by atoms with van der Waals surface area (Å²) < 4.78 is 6.88. The molecular weight excluding hydrogens is 408 g/mol. The molecule has 0 radical (unpaired) electrons. The Labute approximate surface area is 178 Å². The molecule has 1 aliphatic rings. The van der Waals surface area contributed by atoms with Crippen LogP contribution in [0.3, 0.4) is 0 Å². The maximum Gasteiger partial charge on any atom is 0.254 e. The molecule has 158 valence electrons. The Balaban J connectivity index is 1.63. The Morgan fingerprint density at radius 2 is 2.10 bits per heavy atom. The number of carbonyl (C=O) groups is 1. The van der Waals surface area contributed by atoms with Crippen molar-refractivity contribution in [1.82, 2.24) is 24.9 Å². The van der Waals surface area contributed by atoms with E-state index in [1.807, 2.05) is 6.07 Å². The average Bonchev–Trinajstić information content (AvgIpc) is 3.06. The lowest BCUT2D eigenvalue weighted by molar-refractivity contribution is 0.0210. The predicted octanol–water partition coefficient (Wildman–Crippen LogP) is 2.15. The number of ether oxygens (including phenoxy) is 1. The lowest BCUT2D eigenvalue weighted by Gasteiger charge is -2.28. The molecule has 3 aromatic heterocycles. The summed E-state index contributed by atoms with van der Waals surface area (Å²) in [6, 6.07) is 3.65. The fourth-order valence-corrected chi connectivity index (χ4v) is 3.18. The molecule has 10 heteroatoms. The highest BCUT2D eigenvalue weighted by molar-refractivity contribution is 6.30. The van der Waals surface area contributed by atoms with E-state index in [4.69, 9.17) is 16.3 Å². The number of anilines is 1. The molecule has 0 bridgehead atoms. The number of rotatable bonds is 7. The van der Waals surface area contributed by atoms with Crippen molar-refractivity contribution >= 4 is 28.8 Å². The highest BCUT2D eigenvalue weighted by atomic mass is 35.5. The van der Waals surface area contributed by atoms with E-state index in [1.54, 1.807) is 30.6 Å². The van der Waals surface area contributed by atoms with Crippen molar-refractivity contribution < 1.29 is 14.6 Å². The van der Waals surface area contributed by atoms with Gasteiger partial charge in [-0.1, -0.05) is 11.6 Å². The van der Waals surface area contributed by atoms with Gasteiger partial charge in [-0.05, 0) is 26.3 Å². The van der Waals surface area contributed by atoms with E-state index in [1.165, 1.54) is 12.4 Å². The van der Waals surface area contributed by atoms with Crippen LogP contribution in [0, 0.1) is 0 Å². The number of fused-ring (bicyclic) bond motifs is 1. The van der Waals surface area contributed by atoms with Gasteiger partial charge < -0.3 is 20.5 Å². The van der Waals surface area contributed by atoms with Gasteiger partial charge in [-0.3, -0.25) is 9.78 Å². The highest BCUT2D eigenvalue weighted by Crippen LogP contribution is 2.26. The highest BCUT2D eigenvalue weighted by Gasteiger charge is 2.23. The number of nitrogens with zero attached hydrogens (tertiary/aromatic N) is 4. The van der Waals surface area contributed by atoms with E-state index in [-0.39, 0.29) is 11.9 Å². The first kappa shape index (κ1) is 20.5. The minimum Gasteiger partial charge on any atom is -0.390 e. The molecule has 1 saturated heterocycles. The second-order valence-corrected chi connectivity index (χ2v) is 8.34. The van der Waals surface area contributed by atoms with Gasteiger partial charge >= 0.3 is 0 Å². The van der Waals surface area contributed by atoms with Gasteiger partial charge in [0.25, 0.3) is 5.91 Å². The second-order valence-electron chi connectivity index (χ2n) is 7.90. The molecule has 4 heterocycles. The number of amides is 1. The molecule has 0 saturated carbocycles. The van der Waals surface area contributed by atoms with Crippen molar-refractivity contribution in [2.75, 3.05) is 25.1 Å². The molecule has 0 spiro atoms. The molecule has 1 aliphatic heterocycles. The van der Waals surface area contributed by atoms with E-state index in [0.29, 0.717) is 59.5 Å². The Morgan fingerprint density at radius 3 is 2.80 bits per heavy atom. The van der Waals surface area contributed by atoms with Crippen LogP contribution in [0.4, 0.5) is 5.69 Å². The maximum atomic E-state index is 12.7. The van der Waals surface area contributed by atoms with Crippen LogP contribution in [-0.4, -0.2) is 62.0 Å². The third-order valence-electron chi connectivity index (χ3n) is 4.76. The lowest BCUT2D eigenvalue weighted by atomic mass is 10.1. The van der Waals surface area contributed by atoms with Crippen LogP contribution in [0.25, 0.3) is 17.0 Å². The SMILES string of the molecule is CC(C)(O)CCNC(=O)c1cnc(-c2cnc3cc(Cl)cnn23)cc1NC1COC1. The van der Waals surface area contributed by atoms with Gasteiger partial charge in [0.15, 0.2) is 5.65 Å². The third-order valence-corrected chi connectivity index (χ3v) is 4.97. The number of aromatic nitrogens is 4. The maximum absolute atomic E-state index is 12.7. The number of hydrogen-bond donors (Lipinski definition) is 3. The van der Waals surface area contributed by atoms with Crippen LogP contribution in [0.1, 0.15) is 30.6 Å². The number of hydrogen-bond acceptors (Lipinski definition) is 7. The Kier molecular flexibility index (Phi) is 5.59. The Bertz CT molecular complexity index is 1070. The fraction of sp³-hybridized carbons (Fsp3) is 0.400. The van der Waals surface area contributed by atoms with Crippen molar-refractivity contribution in [3.8, 4) is 11.4 Å². The number of pyridine rings is 1. The Hall–Kier alpha value is -2.75. The molecule has 1 amide bonds. The van der Waals surface area contributed by atoms with Gasteiger partial charge in [0.05, 0.1) is 59.2 Å². The first-order valence-corrected chi connectivity index (χ1v) is 10.0. The average molecular weight is 431 g/mol. The number of imidazole rings is 1. The largest absolute Gasteiger partial charge is 0.390 e. The van der Waals surface area contributed by atoms with Gasteiger partial charge in [0, 0.05) is 18.8 Å². The van der Waals surface area contributed by atoms with Crippen LogP contribution >= 0.6 is 11.6 Å². The quantitative estimate of drug-likeness (QED) is 0.526. The molecule has 4 rings (SSSR count). The minimum absolute atomic E-state index is 0.127. The molecule has 3 aromatic rings. The van der Waals surface area contributed by atoms with Gasteiger partial charge in [-0.2, -0.15) is 5.10 Å². The van der Waals surface area contributed by atoms with Crippen LogP contribution in [0.5, 0.6) is 0 Å². The summed E-state index contributed by atoms with van der Waals surface area (Å²) in [6.07, 6.45) is 5.18. The monoisotopic (exact) mass is 430 g/mol. The molecule has 0 aromatic carbocycles. The van der Waals surface area contributed by atoms with E-state index in [9.17, 15) is 9.90 Å². The summed E-state index contributed by atoms with van der Waals surface area (Å²) >= 11 is 5.99. The lowest BCUT2D eigenvalue weighted by Crippen LogP contribution is -2.41. The first-order chi connectivity index (χ1) is 14.3. The number of carbonyl (C=O) groups excluding carboxylic acids is 1. The number of nitrogens with one attached hydrogen (secondary N) is 2. The van der Waals surface area contributed by atoms with E-state index in [2.05, 4.69) is 25.7 Å². The second kappa shape index (κ2) is 8.17. The zero-order chi connectivity index (χ0) is 21.3. The summed E-state index contributed by atoms with van der Waals surface area (Å²) in [4.78, 5) is 21.5. The van der Waals surface area contributed by atoms with Crippen LogP contribution in [0.2, 0.25) is 5.02 Å². The summed E-state index contributed by atoms with van der Waals surface area (Å²) in [7, 11) is 0. The minimum atomic E-state index is -0.849. The van der Waals surface area contributed by atoms with Crippen molar-refractivity contribution in [2.45, 2.75) is 31.9 Å². The number of aliphatic hydroxyl groups is 1.